The van der Waals surface area contributed by atoms with Crippen molar-refractivity contribution in [3.05, 3.63) is 18.3 Å². The van der Waals surface area contributed by atoms with E-state index in [0.29, 0.717) is 6.42 Å². The molecule has 84 valence electrons. The lowest BCUT2D eigenvalue weighted by Gasteiger charge is -2.21. The minimum atomic E-state index is -0.676. The first kappa shape index (κ1) is 10.5. The summed E-state index contributed by atoms with van der Waals surface area (Å²) in [5, 5.41) is 4.92. The van der Waals surface area contributed by atoms with Gasteiger partial charge in [-0.1, -0.05) is 0 Å². The summed E-state index contributed by atoms with van der Waals surface area (Å²) in [5.74, 6) is -1.17. The van der Waals surface area contributed by atoms with Crippen molar-refractivity contribution in [3.63, 3.8) is 0 Å². The van der Waals surface area contributed by atoms with E-state index in [1.165, 1.54) is 0 Å². The maximum Gasteiger partial charge on any atom is 0.249 e. The van der Waals surface area contributed by atoms with Crippen LogP contribution in [0, 0.1) is 5.95 Å². The Hall–Kier alpha value is -2.05. The van der Waals surface area contributed by atoms with Crippen LogP contribution in [0.5, 0.6) is 0 Å². The summed E-state index contributed by atoms with van der Waals surface area (Å²) < 4.78 is 12.7. The molecule has 16 heavy (non-hydrogen) atoms. The summed E-state index contributed by atoms with van der Waals surface area (Å²) in [4.78, 5) is 29.3. The Labute approximate surface area is 90.3 Å². The zero-order chi connectivity index (χ0) is 11.5. The number of carbonyl (C=O) groups is 2. The number of halogens is 1. The Balaban J connectivity index is 2.05. The molecule has 1 aliphatic rings. The van der Waals surface area contributed by atoms with Gasteiger partial charge < -0.3 is 5.32 Å². The van der Waals surface area contributed by atoms with Gasteiger partial charge in [0.2, 0.25) is 17.8 Å². The third-order valence-corrected chi connectivity index (χ3v) is 2.20. The van der Waals surface area contributed by atoms with Gasteiger partial charge in [-0.3, -0.25) is 14.9 Å². The zero-order valence-electron chi connectivity index (χ0n) is 8.24. The van der Waals surface area contributed by atoms with E-state index in [9.17, 15) is 14.0 Å². The molecule has 1 aromatic rings. The summed E-state index contributed by atoms with van der Waals surface area (Å²) in [6, 6.07) is 0.524. The molecule has 1 atom stereocenters. The Morgan fingerprint density at radius 1 is 1.44 bits per heavy atom. The van der Waals surface area contributed by atoms with Crippen LogP contribution in [-0.4, -0.2) is 27.8 Å². The molecule has 0 aromatic carbocycles. The van der Waals surface area contributed by atoms with Crippen LogP contribution in [0.25, 0.3) is 0 Å². The van der Waals surface area contributed by atoms with Crippen LogP contribution in [-0.2, 0) is 9.59 Å². The molecular formula is C9H9FN4O2. The van der Waals surface area contributed by atoms with Crippen LogP contribution >= 0.6 is 0 Å². The topological polar surface area (TPSA) is 84.0 Å². The number of nitrogens with one attached hydrogen (secondary N) is 2. The summed E-state index contributed by atoms with van der Waals surface area (Å²) in [7, 11) is 0. The van der Waals surface area contributed by atoms with E-state index in [2.05, 4.69) is 20.6 Å². The summed E-state index contributed by atoms with van der Waals surface area (Å²) in [5.41, 5.74) is 0. The summed E-state index contributed by atoms with van der Waals surface area (Å²) >= 11 is 0. The average molecular weight is 224 g/mol. The maximum absolute atomic E-state index is 12.7. The second kappa shape index (κ2) is 4.21. The molecule has 1 aromatic heterocycles. The number of carbonyl (C=O) groups excluding carboxylic acids is 2. The molecule has 1 unspecified atom stereocenters. The quantitative estimate of drug-likeness (QED) is 0.538. The first-order valence-corrected chi connectivity index (χ1v) is 4.73. The van der Waals surface area contributed by atoms with E-state index in [0.717, 1.165) is 12.4 Å². The van der Waals surface area contributed by atoms with Crippen molar-refractivity contribution in [2.75, 3.05) is 5.32 Å². The number of nitrogens with zero attached hydrogens (tertiary/aromatic N) is 2. The molecule has 0 aliphatic carbocycles. The van der Waals surface area contributed by atoms with Crippen molar-refractivity contribution in [2.24, 2.45) is 0 Å². The van der Waals surface area contributed by atoms with Crippen LogP contribution in [0.15, 0.2) is 12.4 Å². The van der Waals surface area contributed by atoms with E-state index < -0.39 is 17.9 Å². The van der Waals surface area contributed by atoms with E-state index in [1.807, 2.05) is 0 Å². The number of anilines is 1. The van der Waals surface area contributed by atoms with Gasteiger partial charge in [0.25, 0.3) is 0 Å². The van der Waals surface area contributed by atoms with Crippen molar-refractivity contribution < 1.29 is 14.0 Å². The molecule has 0 bridgehead atoms. The summed E-state index contributed by atoms with van der Waals surface area (Å²) in [6.45, 7) is 0. The number of imide groups is 1. The van der Waals surface area contributed by atoms with Crippen molar-refractivity contribution >= 4 is 17.6 Å². The molecule has 2 heterocycles. The second-order valence-electron chi connectivity index (χ2n) is 3.37. The number of amides is 2. The fraction of sp³-hybridized carbons (Fsp3) is 0.333. The third kappa shape index (κ3) is 2.30. The monoisotopic (exact) mass is 224 g/mol. The number of rotatable bonds is 2. The lowest BCUT2D eigenvalue weighted by molar-refractivity contribution is -0.133. The highest BCUT2D eigenvalue weighted by Crippen LogP contribution is 2.11. The van der Waals surface area contributed by atoms with Gasteiger partial charge in [-0.25, -0.2) is 9.97 Å². The standard InChI is InChI=1S/C9H9FN4O2/c10-6-3-7(12-4-11-6)13-5-1-2-8(15)14-9(5)16/h3-5H,1-2H2,(H,11,12,13)(H,14,15,16). The first-order valence-electron chi connectivity index (χ1n) is 4.73. The Morgan fingerprint density at radius 3 is 2.94 bits per heavy atom. The van der Waals surface area contributed by atoms with Crippen molar-refractivity contribution in [2.45, 2.75) is 18.9 Å². The van der Waals surface area contributed by atoms with Gasteiger partial charge in [-0.05, 0) is 6.42 Å². The lowest BCUT2D eigenvalue weighted by atomic mass is 10.1. The van der Waals surface area contributed by atoms with Gasteiger partial charge >= 0.3 is 0 Å². The van der Waals surface area contributed by atoms with Crippen LogP contribution < -0.4 is 10.6 Å². The highest BCUT2D eigenvalue weighted by molar-refractivity contribution is 6.01. The first-order chi connectivity index (χ1) is 7.65. The Bertz CT molecular complexity index is 437. The normalized spacial score (nSPS) is 20.4. The number of aromatic nitrogens is 2. The smallest absolute Gasteiger partial charge is 0.249 e. The average Bonchev–Trinajstić information content (AvgIpc) is 2.22. The van der Waals surface area contributed by atoms with Crippen LogP contribution in [0.4, 0.5) is 10.2 Å². The molecule has 0 saturated carbocycles. The van der Waals surface area contributed by atoms with Gasteiger partial charge in [-0.15, -0.1) is 0 Å². The maximum atomic E-state index is 12.7. The van der Waals surface area contributed by atoms with Gasteiger partial charge in [-0.2, -0.15) is 4.39 Å². The SMILES string of the molecule is O=C1CCC(Nc2cc(F)ncn2)C(=O)N1. The van der Waals surface area contributed by atoms with Crippen molar-refractivity contribution in [1.29, 1.82) is 0 Å². The third-order valence-electron chi connectivity index (χ3n) is 2.20. The highest BCUT2D eigenvalue weighted by Gasteiger charge is 2.26. The Kier molecular flexibility index (Phi) is 2.76. The van der Waals surface area contributed by atoms with Gasteiger partial charge in [0.1, 0.15) is 18.2 Å². The molecule has 0 spiro atoms. The fourth-order valence-electron chi connectivity index (χ4n) is 1.42. The molecule has 1 saturated heterocycles. The van der Waals surface area contributed by atoms with Gasteiger partial charge in [0.15, 0.2) is 0 Å². The largest absolute Gasteiger partial charge is 0.358 e. The molecule has 2 N–H and O–H groups in total. The predicted molar refractivity (Wildman–Crippen MR) is 51.8 cm³/mol. The molecule has 2 amide bonds. The lowest BCUT2D eigenvalue weighted by Crippen LogP contribution is -2.47. The second-order valence-corrected chi connectivity index (χ2v) is 3.37. The molecule has 0 radical (unpaired) electrons. The number of piperidine rings is 1. The van der Waals surface area contributed by atoms with Gasteiger partial charge in [0, 0.05) is 12.5 Å². The van der Waals surface area contributed by atoms with Crippen LogP contribution in [0.3, 0.4) is 0 Å². The number of hydrogen-bond acceptors (Lipinski definition) is 5. The minimum Gasteiger partial charge on any atom is -0.358 e. The molecule has 2 rings (SSSR count). The zero-order valence-corrected chi connectivity index (χ0v) is 8.24. The van der Waals surface area contributed by atoms with E-state index >= 15 is 0 Å². The molecule has 1 fully saturated rings. The number of hydrogen-bond donors (Lipinski definition) is 2. The van der Waals surface area contributed by atoms with E-state index in [-0.39, 0.29) is 18.1 Å². The highest BCUT2D eigenvalue weighted by atomic mass is 19.1. The van der Waals surface area contributed by atoms with Crippen molar-refractivity contribution in [1.82, 2.24) is 15.3 Å². The van der Waals surface area contributed by atoms with E-state index in [1.54, 1.807) is 0 Å². The molecule has 7 heteroatoms. The fourth-order valence-corrected chi connectivity index (χ4v) is 1.42. The van der Waals surface area contributed by atoms with Crippen molar-refractivity contribution in [3.8, 4) is 0 Å². The van der Waals surface area contributed by atoms with E-state index in [4.69, 9.17) is 0 Å². The molecule has 1 aliphatic heterocycles. The van der Waals surface area contributed by atoms with Crippen LogP contribution in [0.2, 0.25) is 0 Å². The van der Waals surface area contributed by atoms with Gasteiger partial charge in [0.05, 0.1) is 0 Å². The predicted octanol–water partition coefficient (Wildman–Crippen LogP) is -0.167. The summed E-state index contributed by atoms with van der Waals surface area (Å²) in [6.07, 6.45) is 1.69. The molecular weight excluding hydrogens is 215 g/mol. The minimum absolute atomic E-state index is 0.224. The Morgan fingerprint density at radius 2 is 2.25 bits per heavy atom. The molecule has 6 nitrogen and oxygen atoms in total. The van der Waals surface area contributed by atoms with Crippen LogP contribution in [0.1, 0.15) is 12.8 Å².